The van der Waals surface area contributed by atoms with Crippen molar-refractivity contribution in [3.8, 4) is 11.5 Å². The lowest BCUT2D eigenvalue weighted by molar-refractivity contribution is -0.125. The van der Waals surface area contributed by atoms with Crippen LogP contribution in [0.25, 0.3) is 6.08 Å². The Labute approximate surface area is 178 Å². The van der Waals surface area contributed by atoms with E-state index in [1.807, 2.05) is 44.2 Å². The van der Waals surface area contributed by atoms with Crippen molar-refractivity contribution in [3.05, 3.63) is 65.4 Å². The summed E-state index contributed by atoms with van der Waals surface area (Å²) in [6, 6.07) is 15.0. The van der Waals surface area contributed by atoms with Gasteiger partial charge in [-0.15, -0.1) is 0 Å². The first-order valence-corrected chi connectivity index (χ1v) is 10.6. The number of rotatable bonds is 6. The Morgan fingerprint density at radius 2 is 1.37 bits per heavy atom. The van der Waals surface area contributed by atoms with Gasteiger partial charge in [0.15, 0.2) is 5.78 Å². The van der Waals surface area contributed by atoms with E-state index in [-0.39, 0.29) is 5.92 Å². The Morgan fingerprint density at radius 1 is 0.867 bits per heavy atom. The van der Waals surface area contributed by atoms with Crippen LogP contribution in [0.1, 0.15) is 42.6 Å². The summed E-state index contributed by atoms with van der Waals surface area (Å²) in [4.78, 5) is 24.7. The standard InChI is InChI=1S/C16H19NO2.C9H10O2/c1-2-19-14-5-3-12(4-6-14)11-15-16(18)13-7-9-17(15)10-8-13;1-2-11-9-5-3-8(7-10)4-6-9/h3-6,11,13H,2,7-10H2,1H3;3-7H,2H2,1H3/b15-11+;. The van der Waals surface area contributed by atoms with E-state index in [2.05, 4.69) is 4.90 Å². The topological polar surface area (TPSA) is 55.8 Å². The highest BCUT2D eigenvalue weighted by atomic mass is 16.5. The summed E-state index contributed by atoms with van der Waals surface area (Å²) in [5.74, 6) is 2.27. The number of fused-ring (bicyclic) bond motifs is 3. The fraction of sp³-hybridized carbons (Fsp3) is 0.360. The highest BCUT2D eigenvalue weighted by Crippen LogP contribution is 2.32. The molecule has 5 nitrogen and oxygen atoms in total. The first-order valence-electron chi connectivity index (χ1n) is 10.6. The lowest BCUT2D eigenvalue weighted by Gasteiger charge is -2.41. The maximum absolute atomic E-state index is 12.2. The number of nitrogens with zero attached hydrogens (tertiary/aromatic N) is 1. The third kappa shape index (κ3) is 5.50. The van der Waals surface area contributed by atoms with Gasteiger partial charge in [0, 0.05) is 24.6 Å². The largest absolute Gasteiger partial charge is 0.494 e. The van der Waals surface area contributed by atoms with E-state index >= 15 is 0 Å². The summed E-state index contributed by atoms with van der Waals surface area (Å²) in [6.07, 6.45) is 4.89. The Kier molecular flexibility index (Phi) is 7.66. The molecule has 5 heteroatoms. The quantitative estimate of drug-likeness (QED) is 0.517. The van der Waals surface area contributed by atoms with Crippen molar-refractivity contribution in [2.75, 3.05) is 26.3 Å². The van der Waals surface area contributed by atoms with Crippen LogP contribution in [0.5, 0.6) is 11.5 Å². The van der Waals surface area contributed by atoms with E-state index in [0.29, 0.717) is 24.6 Å². The number of benzene rings is 2. The highest BCUT2D eigenvalue weighted by Gasteiger charge is 2.36. The average molecular weight is 408 g/mol. The van der Waals surface area contributed by atoms with E-state index in [0.717, 1.165) is 55.0 Å². The summed E-state index contributed by atoms with van der Waals surface area (Å²) in [5.41, 5.74) is 2.64. The van der Waals surface area contributed by atoms with Crippen LogP contribution in [0.3, 0.4) is 0 Å². The molecule has 0 radical (unpaired) electrons. The van der Waals surface area contributed by atoms with Crippen LogP contribution in [0.15, 0.2) is 54.2 Å². The van der Waals surface area contributed by atoms with Gasteiger partial charge in [0.2, 0.25) is 0 Å². The van der Waals surface area contributed by atoms with Crippen LogP contribution < -0.4 is 9.47 Å². The molecule has 30 heavy (non-hydrogen) atoms. The summed E-state index contributed by atoms with van der Waals surface area (Å²) in [6.45, 7) is 7.28. The first-order chi connectivity index (χ1) is 14.6. The van der Waals surface area contributed by atoms with Gasteiger partial charge >= 0.3 is 0 Å². The van der Waals surface area contributed by atoms with Gasteiger partial charge < -0.3 is 14.4 Å². The van der Waals surface area contributed by atoms with Gasteiger partial charge in [0.25, 0.3) is 0 Å². The van der Waals surface area contributed by atoms with Crippen LogP contribution in [-0.2, 0) is 4.79 Å². The maximum Gasteiger partial charge on any atom is 0.182 e. The molecule has 3 aliphatic rings. The van der Waals surface area contributed by atoms with Crippen molar-refractivity contribution < 1.29 is 19.1 Å². The molecule has 3 heterocycles. The lowest BCUT2D eigenvalue weighted by atomic mass is 9.84. The zero-order valence-corrected chi connectivity index (χ0v) is 17.7. The fourth-order valence-electron chi connectivity index (χ4n) is 3.70. The van der Waals surface area contributed by atoms with Crippen LogP contribution in [0.2, 0.25) is 0 Å². The number of hydrogen-bond donors (Lipinski definition) is 0. The number of carbonyl (C=O) groups is 2. The molecule has 0 N–H and O–H groups in total. The van der Waals surface area contributed by atoms with Crippen LogP contribution in [-0.4, -0.2) is 43.3 Å². The third-order valence-corrected chi connectivity index (χ3v) is 5.28. The molecular formula is C25H29NO4. The molecule has 158 valence electrons. The second-order valence-electron chi connectivity index (χ2n) is 7.28. The molecule has 3 fully saturated rings. The van der Waals surface area contributed by atoms with Gasteiger partial charge in [-0.1, -0.05) is 12.1 Å². The average Bonchev–Trinajstić information content (AvgIpc) is 2.79. The number of piperidine rings is 3. The number of carbonyl (C=O) groups excluding carboxylic acids is 2. The van der Waals surface area contributed by atoms with Crippen molar-refractivity contribution in [2.45, 2.75) is 26.7 Å². The maximum atomic E-state index is 12.2. The van der Waals surface area contributed by atoms with E-state index in [1.165, 1.54) is 0 Å². The smallest absolute Gasteiger partial charge is 0.182 e. The summed E-state index contributed by atoms with van der Waals surface area (Å²) < 4.78 is 10.6. The van der Waals surface area contributed by atoms with Gasteiger partial charge in [0.05, 0.1) is 18.9 Å². The normalized spacial score (nSPS) is 16.8. The molecule has 0 aliphatic carbocycles. The molecule has 0 atom stereocenters. The number of Topliss-reactive ketones (excluding diaryl/α,β-unsaturated/α-hetero) is 1. The molecule has 0 aromatic heterocycles. The van der Waals surface area contributed by atoms with Gasteiger partial charge in [-0.2, -0.15) is 0 Å². The summed E-state index contributed by atoms with van der Waals surface area (Å²) >= 11 is 0. The van der Waals surface area contributed by atoms with Crippen molar-refractivity contribution in [1.82, 2.24) is 4.90 Å². The van der Waals surface area contributed by atoms with Crippen molar-refractivity contribution in [3.63, 3.8) is 0 Å². The second kappa shape index (κ2) is 10.6. The highest BCUT2D eigenvalue weighted by molar-refractivity contribution is 6.01. The molecule has 2 aromatic carbocycles. The van der Waals surface area contributed by atoms with E-state index in [1.54, 1.807) is 24.3 Å². The van der Waals surface area contributed by atoms with Crippen LogP contribution >= 0.6 is 0 Å². The lowest BCUT2D eigenvalue weighted by Crippen LogP contribution is -2.45. The van der Waals surface area contributed by atoms with Gasteiger partial charge in [-0.05, 0) is 74.7 Å². The number of aldehydes is 1. The molecule has 3 aliphatic heterocycles. The molecule has 2 aromatic rings. The Balaban J connectivity index is 0.000000199. The van der Waals surface area contributed by atoms with Crippen LogP contribution in [0, 0.1) is 5.92 Å². The molecular weight excluding hydrogens is 378 g/mol. The number of hydrogen-bond acceptors (Lipinski definition) is 5. The minimum atomic E-state index is 0.263. The van der Waals surface area contributed by atoms with Gasteiger partial charge in [0.1, 0.15) is 17.8 Å². The molecule has 2 bridgehead atoms. The van der Waals surface area contributed by atoms with Crippen LogP contribution in [0.4, 0.5) is 0 Å². The fourth-order valence-corrected chi connectivity index (χ4v) is 3.70. The summed E-state index contributed by atoms with van der Waals surface area (Å²) in [7, 11) is 0. The molecule has 0 amide bonds. The number of ketones is 1. The van der Waals surface area contributed by atoms with Gasteiger partial charge in [-0.3, -0.25) is 9.59 Å². The SMILES string of the molecule is CCOc1ccc(/C=C2\C(=O)C3CCN2CC3)cc1.CCOc1ccc(C=O)cc1. The van der Waals surface area contributed by atoms with E-state index < -0.39 is 0 Å². The minimum absolute atomic E-state index is 0.263. The minimum Gasteiger partial charge on any atom is -0.494 e. The molecule has 0 unspecified atom stereocenters. The predicted octanol–water partition coefficient (Wildman–Crippen LogP) is 4.62. The van der Waals surface area contributed by atoms with Crippen molar-refractivity contribution >= 4 is 18.1 Å². The zero-order chi connectivity index (χ0) is 21.3. The van der Waals surface area contributed by atoms with E-state index in [4.69, 9.17) is 9.47 Å². The zero-order valence-electron chi connectivity index (χ0n) is 17.7. The van der Waals surface area contributed by atoms with Crippen molar-refractivity contribution in [1.29, 1.82) is 0 Å². The molecule has 3 saturated heterocycles. The van der Waals surface area contributed by atoms with E-state index in [9.17, 15) is 9.59 Å². The molecule has 0 spiro atoms. The Morgan fingerprint density at radius 3 is 1.80 bits per heavy atom. The first kappa shape index (κ1) is 21.6. The monoisotopic (exact) mass is 407 g/mol. The molecule has 5 rings (SSSR count). The van der Waals surface area contributed by atoms with Gasteiger partial charge in [-0.25, -0.2) is 0 Å². The number of ether oxygens (including phenoxy) is 2. The Hall–Kier alpha value is -3.08. The summed E-state index contributed by atoms with van der Waals surface area (Å²) in [5, 5.41) is 0. The Bertz CT molecular complexity index is 863. The van der Waals surface area contributed by atoms with Crippen molar-refractivity contribution in [2.24, 2.45) is 5.92 Å². The predicted molar refractivity (Wildman–Crippen MR) is 118 cm³/mol. The third-order valence-electron chi connectivity index (χ3n) is 5.28. The molecule has 0 saturated carbocycles. The second-order valence-corrected chi connectivity index (χ2v) is 7.28. The number of allylic oxidation sites excluding steroid dienone is 1.